The summed E-state index contributed by atoms with van der Waals surface area (Å²) in [4.78, 5) is 0. The maximum Gasteiger partial charge on any atom is -1.00 e. The summed E-state index contributed by atoms with van der Waals surface area (Å²) in [5.74, 6) is 0. The maximum atomic E-state index is 2.43. The van der Waals surface area contributed by atoms with Gasteiger partial charge in [0.15, 0.2) is 0 Å². The minimum Gasteiger partial charge on any atom is -1.00 e. The number of rotatable bonds is 2. The van der Waals surface area contributed by atoms with Gasteiger partial charge in [-0.2, -0.15) is 0 Å². The average Bonchev–Trinajstić information content (AvgIpc) is 2.83. The molecule has 1 unspecified atom stereocenters. The second-order valence-corrected chi connectivity index (χ2v) is 10.3. The zero-order valence-corrected chi connectivity index (χ0v) is 20.4. The van der Waals surface area contributed by atoms with Gasteiger partial charge in [0.05, 0.1) is 0 Å². The van der Waals surface area contributed by atoms with Crippen LogP contribution in [0.3, 0.4) is 0 Å². The summed E-state index contributed by atoms with van der Waals surface area (Å²) in [6.45, 7) is 14.2. The Hall–Kier alpha value is 0.283. The van der Waals surface area contributed by atoms with Crippen molar-refractivity contribution in [2.24, 2.45) is 5.41 Å². The molecule has 23 heavy (non-hydrogen) atoms. The summed E-state index contributed by atoms with van der Waals surface area (Å²) >= 11 is -0.673. The van der Waals surface area contributed by atoms with Gasteiger partial charge in [-0.25, -0.2) is 0 Å². The number of benzene rings is 1. The molecule has 2 aliphatic carbocycles. The number of halogens is 2. The summed E-state index contributed by atoms with van der Waals surface area (Å²) in [6, 6.07) is 8.98. The van der Waals surface area contributed by atoms with E-state index in [1.54, 1.807) is 31.1 Å². The van der Waals surface area contributed by atoms with Gasteiger partial charge in [0, 0.05) is 0 Å². The first-order chi connectivity index (χ1) is 9.84. The van der Waals surface area contributed by atoms with Crippen LogP contribution >= 0.6 is 0 Å². The summed E-state index contributed by atoms with van der Waals surface area (Å²) in [6.07, 6.45) is 2.41. The first kappa shape index (κ1) is 21.3. The molecule has 0 fully saturated rings. The van der Waals surface area contributed by atoms with E-state index in [4.69, 9.17) is 0 Å². The Morgan fingerprint density at radius 3 is 2.09 bits per heavy atom. The van der Waals surface area contributed by atoms with Gasteiger partial charge in [0.1, 0.15) is 0 Å². The molecule has 3 heteroatoms. The van der Waals surface area contributed by atoms with Crippen molar-refractivity contribution < 1.29 is 57.2 Å². The molecule has 0 nitrogen and oxygen atoms in total. The van der Waals surface area contributed by atoms with Gasteiger partial charge in [-0.1, -0.05) is 0 Å². The van der Waals surface area contributed by atoms with E-state index < -0.39 is 23.2 Å². The van der Waals surface area contributed by atoms with Crippen molar-refractivity contribution in [2.45, 2.75) is 45.2 Å². The van der Waals surface area contributed by atoms with Gasteiger partial charge in [-0.15, -0.1) is 0 Å². The Kier molecular flexibility index (Phi) is 7.11. The van der Waals surface area contributed by atoms with Crippen LogP contribution in [0.5, 0.6) is 0 Å². The Bertz CT molecular complexity index is 708. The SMILES string of the molecule is CC1=Cc2ccccc2[CH]1[Zr+2][C]1=C(C)C(C)=C(C)C1(C)C.[Br-].[Br-]. The second-order valence-electron chi connectivity index (χ2n) is 6.97. The largest absolute Gasteiger partial charge is 1.00 e. The standard InChI is InChI=1S/C10H9.C10H15.2BrH.Zr/c1-8-6-9-4-2-3-5-10(9)7-8;1-7-6-10(4,5)9(3)8(7)2;;;/h2-7H,1H3;1-5H3;2*1H;/q;;;;+2/p-2. The Morgan fingerprint density at radius 1 is 0.913 bits per heavy atom. The summed E-state index contributed by atoms with van der Waals surface area (Å²) in [5, 5.41) is 0. The van der Waals surface area contributed by atoms with Gasteiger partial charge in [-0.05, 0) is 0 Å². The van der Waals surface area contributed by atoms with Crippen LogP contribution < -0.4 is 34.0 Å². The monoisotopic (exact) mass is 512 g/mol. The van der Waals surface area contributed by atoms with Crippen molar-refractivity contribution in [1.82, 2.24) is 0 Å². The third-order valence-electron chi connectivity index (χ3n) is 5.50. The van der Waals surface area contributed by atoms with Gasteiger partial charge in [0.25, 0.3) is 0 Å². The maximum absolute atomic E-state index is 2.43. The van der Waals surface area contributed by atoms with E-state index in [1.165, 1.54) is 5.56 Å². The molecule has 3 rings (SSSR count). The van der Waals surface area contributed by atoms with Crippen molar-refractivity contribution in [3.05, 3.63) is 61.0 Å². The molecule has 0 N–H and O–H groups in total. The van der Waals surface area contributed by atoms with E-state index in [9.17, 15) is 0 Å². The Morgan fingerprint density at radius 2 is 1.52 bits per heavy atom. The first-order valence-electron chi connectivity index (χ1n) is 7.77. The van der Waals surface area contributed by atoms with E-state index in [1.807, 2.05) is 0 Å². The minimum atomic E-state index is -0.673. The van der Waals surface area contributed by atoms with Crippen LogP contribution in [0.2, 0.25) is 0 Å². The number of hydrogen-bond donors (Lipinski definition) is 0. The van der Waals surface area contributed by atoms with Gasteiger partial charge < -0.3 is 34.0 Å². The van der Waals surface area contributed by atoms with E-state index >= 15 is 0 Å². The molecule has 0 spiro atoms. The fraction of sp³-hybridized carbons (Fsp3) is 0.400. The van der Waals surface area contributed by atoms with Crippen LogP contribution in [0.1, 0.15) is 56.3 Å². The van der Waals surface area contributed by atoms with Crippen LogP contribution in [0.4, 0.5) is 0 Å². The molecule has 0 saturated carbocycles. The van der Waals surface area contributed by atoms with Crippen molar-refractivity contribution in [3.63, 3.8) is 0 Å². The summed E-state index contributed by atoms with van der Waals surface area (Å²) < 4.78 is 2.53. The Balaban J connectivity index is 0.00000132. The molecule has 0 amide bonds. The first-order valence-corrected chi connectivity index (χ1v) is 10.4. The van der Waals surface area contributed by atoms with Crippen LogP contribution in [0.15, 0.2) is 49.8 Å². The van der Waals surface area contributed by atoms with E-state index in [2.05, 4.69) is 71.9 Å². The van der Waals surface area contributed by atoms with Gasteiger partial charge in [-0.3, -0.25) is 0 Å². The smallest absolute Gasteiger partial charge is 1.00 e. The third-order valence-corrected chi connectivity index (χ3v) is 11.3. The van der Waals surface area contributed by atoms with Gasteiger partial charge >= 0.3 is 141 Å². The van der Waals surface area contributed by atoms with Crippen LogP contribution in [0.25, 0.3) is 6.08 Å². The molecule has 0 heterocycles. The molecule has 0 aromatic heterocycles. The predicted molar refractivity (Wildman–Crippen MR) is 87.7 cm³/mol. The van der Waals surface area contributed by atoms with Crippen molar-refractivity contribution in [2.75, 3.05) is 0 Å². The molecule has 0 aliphatic heterocycles. The van der Waals surface area contributed by atoms with Crippen molar-refractivity contribution in [1.29, 1.82) is 0 Å². The normalized spacial score (nSPS) is 21.3. The molecule has 0 bridgehead atoms. The van der Waals surface area contributed by atoms with Crippen molar-refractivity contribution >= 4 is 6.08 Å². The molecule has 1 aromatic carbocycles. The molecule has 1 aromatic rings. The molecule has 0 radical (unpaired) electrons. The molecule has 0 saturated heterocycles. The average molecular weight is 515 g/mol. The minimum absolute atomic E-state index is 0. The number of allylic oxidation sites excluding steroid dienone is 5. The molecular formula is C20H24Br2Zr. The number of hydrogen-bond acceptors (Lipinski definition) is 0. The zero-order chi connectivity index (χ0) is 15.4. The third kappa shape index (κ3) is 3.49. The van der Waals surface area contributed by atoms with Crippen LogP contribution in [-0.4, -0.2) is 0 Å². The molecule has 1 atom stereocenters. The second kappa shape index (κ2) is 7.67. The van der Waals surface area contributed by atoms with E-state index in [0.717, 1.165) is 3.63 Å². The summed E-state index contributed by atoms with van der Waals surface area (Å²) in [5.41, 5.74) is 9.64. The molecule has 122 valence electrons. The van der Waals surface area contributed by atoms with E-state index in [0.29, 0.717) is 0 Å². The zero-order valence-electron chi connectivity index (χ0n) is 14.7. The Labute approximate surface area is 173 Å². The quantitative estimate of drug-likeness (QED) is 0.516. The molecular weight excluding hydrogens is 491 g/mol. The fourth-order valence-electron chi connectivity index (χ4n) is 3.70. The van der Waals surface area contributed by atoms with Crippen LogP contribution in [0, 0.1) is 5.41 Å². The fourth-order valence-corrected chi connectivity index (χ4v) is 8.54. The number of fused-ring (bicyclic) bond motifs is 1. The van der Waals surface area contributed by atoms with Crippen molar-refractivity contribution in [3.8, 4) is 0 Å². The van der Waals surface area contributed by atoms with Crippen LogP contribution in [-0.2, 0) is 23.2 Å². The molecule has 2 aliphatic rings. The summed E-state index contributed by atoms with van der Waals surface area (Å²) in [7, 11) is 0. The van der Waals surface area contributed by atoms with E-state index in [-0.39, 0.29) is 39.4 Å². The van der Waals surface area contributed by atoms with Gasteiger partial charge in [0.2, 0.25) is 0 Å². The topological polar surface area (TPSA) is 0 Å². The predicted octanol–water partition coefficient (Wildman–Crippen LogP) is -0.115.